The Morgan fingerprint density at radius 3 is 2.25 bits per heavy atom. The number of quaternary nitrogens is 1. The lowest BCUT2D eigenvalue weighted by Crippen LogP contribution is -2.83. The van der Waals surface area contributed by atoms with E-state index in [-0.39, 0.29) is 0 Å². The van der Waals surface area contributed by atoms with Crippen LogP contribution >= 0.6 is 0 Å². The monoisotopic (exact) mass is 379 g/mol. The lowest BCUT2D eigenvalue weighted by Gasteiger charge is -2.11. The fourth-order valence-corrected chi connectivity index (χ4v) is 3.61. The highest BCUT2D eigenvalue weighted by molar-refractivity contribution is 5.43. The molecule has 3 rings (SSSR count). The number of aryl methyl sites for hydroxylation is 1. The molecule has 28 heavy (non-hydrogen) atoms. The predicted octanol–water partition coefficient (Wildman–Crippen LogP) is 3.81. The van der Waals surface area contributed by atoms with Crippen LogP contribution in [0.1, 0.15) is 29.4 Å². The minimum atomic E-state index is 0.692. The molecule has 0 saturated carbocycles. The van der Waals surface area contributed by atoms with Crippen LogP contribution in [0.15, 0.2) is 54.6 Å². The van der Waals surface area contributed by atoms with Crippen molar-refractivity contribution < 1.29 is 14.8 Å². The Bertz CT molecular complexity index is 880. The SMILES string of the molecule is CCOc1ccc(-n2c(C)cc(C[NH2+]CCc3ccc(OC)cc3)c2C)cc1. The van der Waals surface area contributed by atoms with Crippen LogP contribution in [-0.2, 0) is 13.0 Å². The minimum absolute atomic E-state index is 0.692. The molecule has 0 aliphatic rings. The molecule has 2 aromatic carbocycles. The van der Waals surface area contributed by atoms with Crippen molar-refractivity contribution in [2.75, 3.05) is 20.3 Å². The van der Waals surface area contributed by atoms with E-state index in [1.165, 1.54) is 28.2 Å². The summed E-state index contributed by atoms with van der Waals surface area (Å²) in [4.78, 5) is 0. The number of nitrogens with two attached hydrogens (primary N) is 1. The average molecular weight is 380 g/mol. The molecule has 0 saturated heterocycles. The van der Waals surface area contributed by atoms with E-state index in [4.69, 9.17) is 9.47 Å². The average Bonchev–Trinajstić information content (AvgIpc) is 3.00. The molecule has 0 atom stereocenters. The Labute approximate surface area is 168 Å². The molecule has 0 amide bonds. The van der Waals surface area contributed by atoms with Crippen LogP contribution < -0.4 is 14.8 Å². The maximum absolute atomic E-state index is 5.56. The van der Waals surface area contributed by atoms with Crippen LogP contribution in [0.2, 0.25) is 0 Å². The van der Waals surface area contributed by atoms with Crippen molar-refractivity contribution in [2.45, 2.75) is 33.7 Å². The van der Waals surface area contributed by atoms with Gasteiger partial charge in [-0.25, -0.2) is 0 Å². The molecule has 1 heterocycles. The van der Waals surface area contributed by atoms with Gasteiger partial charge in [-0.05, 0) is 68.8 Å². The van der Waals surface area contributed by atoms with Crippen LogP contribution in [0.5, 0.6) is 11.5 Å². The summed E-state index contributed by atoms with van der Waals surface area (Å²) >= 11 is 0. The highest BCUT2D eigenvalue weighted by atomic mass is 16.5. The zero-order valence-corrected chi connectivity index (χ0v) is 17.4. The van der Waals surface area contributed by atoms with Gasteiger partial charge in [0.25, 0.3) is 0 Å². The second-order valence-electron chi connectivity index (χ2n) is 7.04. The van der Waals surface area contributed by atoms with Crippen molar-refractivity contribution in [1.82, 2.24) is 4.57 Å². The Kier molecular flexibility index (Phi) is 6.77. The van der Waals surface area contributed by atoms with Crippen LogP contribution in [0.25, 0.3) is 5.69 Å². The van der Waals surface area contributed by atoms with Crippen LogP contribution in [0.4, 0.5) is 0 Å². The molecule has 0 spiro atoms. The number of nitrogens with zero attached hydrogens (tertiary/aromatic N) is 1. The van der Waals surface area contributed by atoms with Crippen LogP contribution in [0, 0.1) is 13.8 Å². The Hall–Kier alpha value is -2.72. The summed E-state index contributed by atoms with van der Waals surface area (Å²) in [6.45, 7) is 9.13. The van der Waals surface area contributed by atoms with Crippen LogP contribution in [0.3, 0.4) is 0 Å². The van der Waals surface area contributed by atoms with E-state index in [0.29, 0.717) is 6.61 Å². The highest BCUT2D eigenvalue weighted by Gasteiger charge is 2.12. The van der Waals surface area contributed by atoms with Crippen molar-refractivity contribution in [2.24, 2.45) is 0 Å². The van der Waals surface area contributed by atoms with Gasteiger partial charge >= 0.3 is 0 Å². The Morgan fingerprint density at radius 1 is 0.929 bits per heavy atom. The van der Waals surface area contributed by atoms with E-state index >= 15 is 0 Å². The standard InChI is InChI=1S/C24H30N2O2/c1-5-28-24-12-8-22(9-13-24)26-18(2)16-21(19(26)3)17-25-15-14-20-6-10-23(27-4)11-7-20/h6-13,16,25H,5,14-15,17H2,1-4H3/p+1. The first-order valence-electron chi connectivity index (χ1n) is 9.98. The first kappa shape index (κ1) is 20.0. The first-order valence-corrected chi connectivity index (χ1v) is 9.98. The quantitative estimate of drug-likeness (QED) is 0.574. The topological polar surface area (TPSA) is 40.0 Å². The third-order valence-electron chi connectivity index (χ3n) is 5.10. The third kappa shape index (κ3) is 4.76. The summed E-state index contributed by atoms with van der Waals surface area (Å²) in [6, 6.07) is 19.0. The van der Waals surface area contributed by atoms with Gasteiger partial charge in [-0.1, -0.05) is 12.1 Å². The van der Waals surface area contributed by atoms with E-state index in [9.17, 15) is 0 Å². The fraction of sp³-hybridized carbons (Fsp3) is 0.333. The lowest BCUT2D eigenvalue weighted by atomic mass is 10.1. The molecule has 0 unspecified atom stereocenters. The zero-order chi connectivity index (χ0) is 19.9. The van der Waals surface area contributed by atoms with E-state index in [0.717, 1.165) is 31.0 Å². The maximum Gasteiger partial charge on any atom is 0.119 e. The van der Waals surface area contributed by atoms with Gasteiger partial charge in [0.05, 0.1) is 20.3 Å². The van der Waals surface area contributed by atoms with Gasteiger partial charge in [-0.3, -0.25) is 0 Å². The van der Waals surface area contributed by atoms with Crippen molar-refractivity contribution in [3.8, 4) is 17.2 Å². The maximum atomic E-state index is 5.56. The minimum Gasteiger partial charge on any atom is -0.497 e. The van der Waals surface area contributed by atoms with Crippen molar-refractivity contribution in [3.63, 3.8) is 0 Å². The summed E-state index contributed by atoms with van der Waals surface area (Å²) in [6.07, 6.45) is 1.06. The number of rotatable bonds is 9. The number of benzene rings is 2. The molecule has 2 N–H and O–H groups in total. The molecule has 0 bridgehead atoms. The van der Waals surface area contributed by atoms with Gasteiger partial charge in [0.2, 0.25) is 0 Å². The van der Waals surface area contributed by atoms with Crippen molar-refractivity contribution in [3.05, 3.63) is 77.1 Å². The molecule has 148 valence electrons. The molecule has 0 aliphatic carbocycles. The Balaban J connectivity index is 1.59. The number of hydrogen-bond donors (Lipinski definition) is 1. The number of hydrogen-bond acceptors (Lipinski definition) is 2. The zero-order valence-electron chi connectivity index (χ0n) is 17.4. The summed E-state index contributed by atoms with van der Waals surface area (Å²) in [5.74, 6) is 1.83. The fourth-order valence-electron chi connectivity index (χ4n) is 3.61. The molecular weight excluding hydrogens is 348 g/mol. The lowest BCUT2D eigenvalue weighted by molar-refractivity contribution is -0.670. The Morgan fingerprint density at radius 2 is 1.61 bits per heavy atom. The van der Waals surface area contributed by atoms with E-state index in [1.54, 1.807) is 7.11 Å². The second kappa shape index (κ2) is 9.47. The number of ether oxygens (including phenoxy) is 2. The van der Waals surface area contributed by atoms with E-state index in [2.05, 4.69) is 54.1 Å². The van der Waals surface area contributed by atoms with E-state index < -0.39 is 0 Å². The second-order valence-corrected chi connectivity index (χ2v) is 7.04. The van der Waals surface area contributed by atoms with Gasteiger partial charge in [-0.2, -0.15) is 0 Å². The molecule has 4 heteroatoms. The smallest absolute Gasteiger partial charge is 0.119 e. The molecular formula is C24H31N2O2+. The van der Waals surface area contributed by atoms with Crippen molar-refractivity contribution in [1.29, 1.82) is 0 Å². The highest BCUT2D eigenvalue weighted by Crippen LogP contribution is 2.22. The first-order chi connectivity index (χ1) is 13.6. The van der Waals surface area contributed by atoms with Gasteiger partial charge in [-0.15, -0.1) is 0 Å². The molecule has 1 aromatic heterocycles. The van der Waals surface area contributed by atoms with Crippen LogP contribution in [-0.4, -0.2) is 24.8 Å². The summed E-state index contributed by atoms with van der Waals surface area (Å²) in [5.41, 5.74) is 6.49. The summed E-state index contributed by atoms with van der Waals surface area (Å²) in [5, 5.41) is 2.38. The molecule has 4 nitrogen and oxygen atoms in total. The normalized spacial score (nSPS) is 10.9. The van der Waals surface area contributed by atoms with Crippen molar-refractivity contribution >= 4 is 0 Å². The molecule has 0 fully saturated rings. The van der Waals surface area contributed by atoms with Gasteiger partial charge in [0, 0.05) is 29.1 Å². The largest absolute Gasteiger partial charge is 0.497 e. The van der Waals surface area contributed by atoms with Gasteiger partial charge < -0.3 is 19.4 Å². The summed E-state index contributed by atoms with van der Waals surface area (Å²) < 4.78 is 13.1. The number of methoxy groups -OCH3 is 1. The van der Waals surface area contributed by atoms with E-state index in [1.807, 2.05) is 31.2 Å². The number of aromatic nitrogens is 1. The predicted molar refractivity (Wildman–Crippen MR) is 114 cm³/mol. The molecule has 0 aliphatic heterocycles. The van der Waals surface area contributed by atoms with Gasteiger partial charge in [0.15, 0.2) is 0 Å². The molecule has 0 radical (unpaired) electrons. The third-order valence-corrected chi connectivity index (χ3v) is 5.10. The summed E-state index contributed by atoms with van der Waals surface area (Å²) in [7, 11) is 1.70. The molecule has 3 aromatic rings. The van der Waals surface area contributed by atoms with Gasteiger partial charge in [0.1, 0.15) is 18.0 Å².